The molecule has 28 heavy (non-hydrogen) atoms. The number of ether oxygens (including phenoxy) is 1. The van der Waals surface area contributed by atoms with Gasteiger partial charge >= 0.3 is 0 Å². The van der Waals surface area contributed by atoms with Crippen LogP contribution in [0.5, 0.6) is 0 Å². The minimum Gasteiger partial charge on any atom is -0.394 e. The molecule has 0 bridgehead atoms. The number of nitrogens with one attached hydrogen (secondary N) is 1. The third-order valence-corrected chi connectivity index (χ3v) is 5.01. The molecule has 7 nitrogen and oxygen atoms in total. The lowest BCUT2D eigenvalue weighted by molar-refractivity contribution is -0.0227. The molecular formula is C21H23N3O4. The topological polar surface area (TPSA) is 108 Å². The van der Waals surface area contributed by atoms with Gasteiger partial charge in [-0.2, -0.15) is 0 Å². The molecular weight excluding hydrogens is 358 g/mol. The summed E-state index contributed by atoms with van der Waals surface area (Å²) in [6.45, 7) is 2.12. The summed E-state index contributed by atoms with van der Waals surface area (Å²) in [6, 6.07) is 15.6. The molecule has 2 aromatic carbocycles. The van der Waals surface area contributed by atoms with Gasteiger partial charge in [0.25, 0.3) is 0 Å². The van der Waals surface area contributed by atoms with Crippen LogP contribution in [0.2, 0.25) is 0 Å². The third kappa shape index (κ3) is 3.57. The van der Waals surface area contributed by atoms with Gasteiger partial charge in [0, 0.05) is 11.9 Å². The van der Waals surface area contributed by atoms with Gasteiger partial charge in [0.1, 0.15) is 36.1 Å². The Labute approximate surface area is 162 Å². The summed E-state index contributed by atoms with van der Waals surface area (Å²) in [6.07, 6.45) is -3.74. The van der Waals surface area contributed by atoms with Crippen molar-refractivity contribution in [2.45, 2.75) is 37.9 Å². The van der Waals surface area contributed by atoms with Crippen LogP contribution in [-0.2, 0) is 11.3 Å². The van der Waals surface area contributed by atoms with E-state index in [1.807, 2.05) is 55.5 Å². The van der Waals surface area contributed by atoms with Gasteiger partial charge in [-0.1, -0.05) is 36.4 Å². The van der Waals surface area contributed by atoms with E-state index in [9.17, 15) is 15.3 Å². The number of anilines is 1. The van der Waals surface area contributed by atoms with Crippen molar-refractivity contribution in [3.8, 4) is 0 Å². The highest BCUT2D eigenvalue weighted by molar-refractivity contribution is 5.89. The quantitative estimate of drug-likeness (QED) is 0.533. The second kappa shape index (κ2) is 7.81. The molecule has 4 N–H and O–H groups in total. The normalized spacial score (nSPS) is 24.6. The number of hydrogen-bond donors (Lipinski definition) is 4. The Morgan fingerprint density at radius 1 is 1.04 bits per heavy atom. The molecule has 0 unspecified atom stereocenters. The second-order valence-corrected chi connectivity index (χ2v) is 6.99. The highest BCUT2D eigenvalue weighted by Gasteiger charge is 2.43. The molecule has 1 saturated heterocycles. The minimum absolute atomic E-state index is 0.350. The monoisotopic (exact) mass is 381 g/mol. The number of aryl methyl sites for hydroxylation is 1. The van der Waals surface area contributed by atoms with Crippen molar-refractivity contribution in [3.63, 3.8) is 0 Å². The van der Waals surface area contributed by atoms with E-state index in [0.717, 1.165) is 22.3 Å². The fourth-order valence-corrected chi connectivity index (χ4v) is 3.53. The standard InChI is InChI=1S/C21H23N3O4/c1-12-23-16-9-14(20-19(27)18(26)17(11-25)28-20)7-8-15(16)21(24-12)22-10-13-5-3-2-4-6-13/h2-9,17-20,25-27H,10-11H2,1H3,(H,22,23,24)/t17-,18-,19-,20+/m1/s1. The van der Waals surface area contributed by atoms with Crippen molar-refractivity contribution in [2.75, 3.05) is 11.9 Å². The van der Waals surface area contributed by atoms with Gasteiger partial charge in [-0.15, -0.1) is 0 Å². The first kappa shape index (κ1) is 18.8. The Morgan fingerprint density at radius 3 is 2.54 bits per heavy atom. The number of benzene rings is 2. The Morgan fingerprint density at radius 2 is 1.82 bits per heavy atom. The maximum Gasteiger partial charge on any atom is 0.137 e. The molecule has 2 heterocycles. The van der Waals surface area contributed by atoms with E-state index in [0.29, 0.717) is 17.9 Å². The smallest absolute Gasteiger partial charge is 0.137 e. The van der Waals surface area contributed by atoms with Gasteiger partial charge in [-0.3, -0.25) is 0 Å². The Balaban J connectivity index is 1.63. The number of hydrogen-bond acceptors (Lipinski definition) is 7. The maximum absolute atomic E-state index is 10.3. The summed E-state index contributed by atoms with van der Waals surface area (Å²) in [5.41, 5.74) is 2.57. The molecule has 1 aliphatic rings. The highest BCUT2D eigenvalue weighted by Crippen LogP contribution is 2.35. The van der Waals surface area contributed by atoms with Crippen LogP contribution in [0.15, 0.2) is 48.5 Å². The molecule has 146 valence electrons. The number of aromatic nitrogens is 2. The van der Waals surface area contributed by atoms with Gasteiger partial charge in [0.15, 0.2) is 0 Å². The first-order valence-corrected chi connectivity index (χ1v) is 9.25. The zero-order valence-electron chi connectivity index (χ0n) is 15.5. The van der Waals surface area contributed by atoms with Crippen LogP contribution in [0, 0.1) is 6.92 Å². The molecule has 0 aliphatic carbocycles. The molecule has 1 aliphatic heterocycles. The minimum atomic E-state index is -1.12. The van der Waals surface area contributed by atoms with Gasteiger partial charge < -0.3 is 25.4 Å². The largest absolute Gasteiger partial charge is 0.394 e. The Bertz CT molecular complexity index is 967. The zero-order chi connectivity index (χ0) is 19.7. The molecule has 1 fully saturated rings. The van der Waals surface area contributed by atoms with Crippen molar-refractivity contribution in [1.82, 2.24) is 9.97 Å². The summed E-state index contributed by atoms with van der Waals surface area (Å²) in [5, 5.41) is 33.8. The molecule has 3 aromatic rings. The summed E-state index contributed by atoms with van der Waals surface area (Å²) >= 11 is 0. The van der Waals surface area contributed by atoms with Crippen LogP contribution in [0.3, 0.4) is 0 Å². The Hall–Kier alpha value is -2.58. The van der Waals surface area contributed by atoms with E-state index in [4.69, 9.17) is 4.74 Å². The highest BCUT2D eigenvalue weighted by atomic mass is 16.6. The molecule has 0 spiro atoms. The van der Waals surface area contributed by atoms with Crippen LogP contribution in [0.25, 0.3) is 10.9 Å². The predicted molar refractivity (Wildman–Crippen MR) is 105 cm³/mol. The summed E-state index contributed by atoms with van der Waals surface area (Å²) < 4.78 is 5.63. The van der Waals surface area contributed by atoms with E-state index < -0.39 is 24.4 Å². The second-order valence-electron chi connectivity index (χ2n) is 6.99. The average Bonchev–Trinajstić information content (AvgIpc) is 3.00. The van der Waals surface area contributed by atoms with Crippen molar-refractivity contribution in [1.29, 1.82) is 0 Å². The van der Waals surface area contributed by atoms with Crippen LogP contribution < -0.4 is 5.32 Å². The van der Waals surface area contributed by atoms with E-state index in [2.05, 4.69) is 15.3 Å². The van der Waals surface area contributed by atoms with Crippen molar-refractivity contribution < 1.29 is 20.1 Å². The lowest BCUT2D eigenvalue weighted by Crippen LogP contribution is -2.32. The fourth-order valence-electron chi connectivity index (χ4n) is 3.53. The first-order chi connectivity index (χ1) is 13.6. The van der Waals surface area contributed by atoms with Crippen LogP contribution in [0.4, 0.5) is 5.82 Å². The van der Waals surface area contributed by atoms with Crippen LogP contribution in [0.1, 0.15) is 23.1 Å². The summed E-state index contributed by atoms with van der Waals surface area (Å²) in [5.74, 6) is 1.36. The number of aliphatic hydroxyl groups excluding tert-OH is 3. The predicted octanol–water partition coefficient (Wildman–Crippen LogP) is 1.70. The summed E-state index contributed by atoms with van der Waals surface area (Å²) in [7, 11) is 0. The molecule has 0 saturated carbocycles. The van der Waals surface area contributed by atoms with Crippen molar-refractivity contribution in [2.24, 2.45) is 0 Å². The number of aliphatic hydroxyl groups is 3. The zero-order valence-corrected chi connectivity index (χ0v) is 15.5. The van der Waals surface area contributed by atoms with Crippen molar-refractivity contribution in [3.05, 3.63) is 65.5 Å². The summed E-state index contributed by atoms with van der Waals surface area (Å²) in [4.78, 5) is 9.03. The molecule has 0 amide bonds. The first-order valence-electron chi connectivity index (χ1n) is 9.25. The van der Waals surface area contributed by atoms with E-state index >= 15 is 0 Å². The van der Waals surface area contributed by atoms with Crippen LogP contribution >= 0.6 is 0 Å². The van der Waals surface area contributed by atoms with Crippen molar-refractivity contribution >= 4 is 16.7 Å². The number of nitrogens with zero attached hydrogens (tertiary/aromatic N) is 2. The van der Waals surface area contributed by atoms with Gasteiger partial charge in [0.05, 0.1) is 12.1 Å². The van der Waals surface area contributed by atoms with E-state index in [1.165, 1.54) is 0 Å². The molecule has 4 rings (SSSR count). The average molecular weight is 381 g/mol. The number of rotatable bonds is 5. The third-order valence-electron chi connectivity index (χ3n) is 5.01. The van der Waals surface area contributed by atoms with Gasteiger partial charge in [0.2, 0.25) is 0 Å². The maximum atomic E-state index is 10.3. The molecule has 0 radical (unpaired) electrons. The lowest BCUT2D eigenvalue weighted by Gasteiger charge is -2.16. The lowest BCUT2D eigenvalue weighted by atomic mass is 10.0. The van der Waals surface area contributed by atoms with Gasteiger partial charge in [-0.05, 0) is 30.2 Å². The molecule has 1 aromatic heterocycles. The van der Waals surface area contributed by atoms with E-state index in [1.54, 1.807) is 0 Å². The SMILES string of the molecule is Cc1nc(NCc2ccccc2)c2ccc([C@@H]3O[C@H](CO)[C@@H](O)[C@H]3O)cc2n1. The number of fused-ring (bicyclic) bond motifs is 1. The van der Waals surface area contributed by atoms with Gasteiger partial charge in [-0.25, -0.2) is 9.97 Å². The fraction of sp³-hybridized carbons (Fsp3) is 0.333. The van der Waals surface area contributed by atoms with Crippen LogP contribution in [-0.4, -0.2) is 50.2 Å². The van der Waals surface area contributed by atoms with E-state index in [-0.39, 0.29) is 6.61 Å². The molecule has 4 atom stereocenters. The Kier molecular flexibility index (Phi) is 5.23. The molecule has 7 heteroatoms.